The van der Waals surface area contributed by atoms with Gasteiger partial charge < -0.3 is 24.2 Å². The number of rotatable bonds is 7. The molecule has 6 heteroatoms. The molecule has 0 aliphatic heterocycles. The Balaban J connectivity index is 1.82. The summed E-state index contributed by atoms with van der Waals surface area (Å²) in [5, 5.41) is 21.8. The Morgan fingerprint density at radius 2 is 1.54 bits per heavy atom. The fourth-order valence-electron chi connectivity index (χ4n) is 3.95. The summed E-state index contributed by atoms with van der Waals surface area (Å²) in [6.07, 6.45) is -0.806. The molecule has 6 nitrogen and oxygen atoms in total. The van der Waals surface area contributed by atoms with Crippen LogP contribution in [0.1, 0.15) is 23.5 Å². The van der Waals surface area contributed by atoms with Crippen molar-refractivity contribution in [3.63, 3.8) is 0 Å². The van der Waals surface area contributed by atoms with Crippen LogP contribution in [0.15, 0.2) is 48.5 Å². The SMILES string of the molecule is C[N+](C)(C)CC(O)(CC(=O)[O-])C(=O)OCC1c2ccccc2-c2ccccc21. The van der Waals surface area contributed by atoms with Crippen LogP contribution in [-0.4, -0.2) is 61.4 Å². The van der Waals surface area contributed by atoms with Crippen molar-refractivity contribution in [2.75, 3.05) is 34.3 Å². The molecule has 2 aromatic carbocycles. The van der Waals surface area contributed by atoms with E-state index in [1.54, 1.807) is 21.1 Å². The van der Waals surface area contributed by atoms with Crippen molar-refractivity contribution in [2.45, 2.75) is 17.9 Å². The van der Waals surface area contributed by atoms with E-state index in [4.69, 9.17) is 4.74 Å². The highest BCUT2D eigenvalue weighted by Crippen LogP contribution is 2.44. The van der Waals surface area contributed by atoms with Gasteiger partial charge in [0.2, 0.25) is 5.60 Å². The van der Waals surface area contributed by atoms with E-state index >= 15 is 0 Å². The second-order valence-corrected chi connectivity index (χ2v) is 8.35. The lowest BCUT2D eigenvalue weighted by Gasteiger charge is -2.34. The molecule has 2 aromatic rings. The number of quaternary nitrogens is 1. The Morgan fingerprint density at radius 1 is 1.04 bits per heavy atom. The molecule has 0 spiro atoms. The molecule has 1 N–H and O–H groups in total. The molecule has 0 heterocycles. The van der Waals surface area contributed by atoms with Gasteiger partial charge in [0.05, 0.1) is 21.1 Å². The van der Waals surface area contributed by atoms with E-state index < -0.39 is 24.0 Å². The zero-order valence-corrected chi connectivity index (χ0v) is 16.3. The van der Waals surface area contributed by atoms with E-state index in [9.17, 15) is 19.8 Å². The van der Waals surface area contributed by atoms with Gasteiger partial charge in [0.25, 0.3) is 0 Å². The number of carbonyl (C=O) groups excluding carboxylic acids is 2. The molecule has 0 saturated carbocycles. The Kier molecular flexibility index (Phi) is 5.28. The van der Waals surface area contributed by atoms with Crippen LogP contribution >= 0.6 is 0 Å². The van der Waals surface area contributed by atoms with Gasteiger partial charge in [-0.15, -0.1) is 0 Å². The van der Waals surface area contributed by atoms with E-state index in [0.29, 0.717) is 0 Å². The third kappa shape index (κ3) is 4.08. The van der Waals surface area contributed by atoms with Crippen LogP contribution in [0.25, 0.3) is 11.1 Å². The molecule has 1 atom stereocenters. The fraction of sp³-hybridized carbons (Fsp3) is 0.364. The zero-order valence-electron chi connectivity index (χ0n) is 16.3. The highest BCUT2D eigenvalue weighted by atomic mass is 16.6. The van der Waals surface area contributed by atoms with Gasteiger partial charge in [-0.05, 0) is 22.3 Å². The third-order valence-corrected chi connectivity index (χ3v) is 4.90. The first kappa shape index (κ1) is 20.0. The molecule has 28 heavy (non-hydrogen) atoms. The van der Waals surface area contributed by atoms with Crippen LogP contribution in [-0.2, 0) is 14.3 Å². The van der Waals surface area contributed by atoms with Crippen molar-refractivity contribution < 1.29 is 29.0 Å². The average Bonchev–Trinajstić information content (AvgIpc) is 2.91. The van der Waals surface area contributed by atoms with Crippen LogP contribution in [0.3, 0.4) is 0 Å². The van der Waals surface area contributed by atoms with E-state index in [1.165, 1.54) is 0 Å². The van der Waals surface area contributed by atoms with Crippen molar-refractivity contribution in [3.8, 4) is 11.1 Å². The number of carbonyl (C=O) groups is 2. The summed E-state index contributed by atoms with van der Waals surface area (Å²) < 4.78 is 5.66. The maximum Gasteiger partial charge on any atom is 0.344 e. The Morgan fingerprint density at radius 3 is 2.00 bits per heavy atom. The van der Waals surface area contributed by atoms with Gasteiger partial charge in [0.1, 0.15) is 13.2 Å². The average molecular weight is 383 g/mol. The lowest BCUT2D eigenvalue weighted by Crippen LogP contribution is -2.56. The number of aliphatic hydroxyl groups is 1. The monoisotopic (exact) mass is 383 g/mol. The van der Waals surface area contributed by atoms with Crippen molar-refractivity contribution >= 4 is 11.9 Å². The summed E-state index contributed by atoms with van der Waals surface area (Å²) in [6, 6.07) is 15.8. The number of esters is 1. The molecule has 0 aromatic heterocycles. The normalized spacial score (nSPS) is 15.4. The highest BCUT2D eigenvalue weighted by Gasteiger charge is 2.43. The Labute approximate surface area is 164 Å². The summed E-state index contributed by atoms with van der Waals surface area (Å²) in [5.41, 5.74) is 2.14. The number of fused-ring (bicyclic) bond motifs is 3. The van der Waals surface area contributed by atoms with Crippen molar-refractivity contribution in [1.29, 1.82) is 0 Å². The number of hydrogen-bond donors (Lipinski definition) is 1. The van der Waals surface area contributed by atoms with Crippen molar-refractivity contribution in [2.24, 2.45) is 0 Å². The van der Waals surface area contributed by atoms with Crippen LogP contribution < -0.4 is 5.11 Å². The highest BCUT2D eigenvalue weighted by molar-refractivity contribution is 5.85. The second kappa shape index (κ2) is 7.37. The van der Waals surface area contributed by atoms with Crippen LogP contribution in [0.5, 0.6) is 0 Å². The number of carboxylic acid groups (broad SMARTS) is 1. The lowest BCUT2D eigenvalue weighted by atomic mass is 9.96. The number of benzene rings is 2. The summed E-state index contributed by atoms with van der Waals surface area (Å²) >= 11 is 0. The summed E-state index contributed by atoms with van der Waals surface area (Å²) in [6.45, 7) is -0.0724. The van der Waals surface area contributed by atoms with Crippen LogP contribution in [0, 0.1) is 0 Å². The topological polar surface area (TPSA) is 86.7 Å². The number of carboxylic acids is 1. The van der Waals surface area contributed by atoms with Gasteiger partial charge in [-0.3, -0.25) is 0 Å². The maximum absolute atomic E-state index is 12.7. The lowest BCUT2D eigenvalue weighted by molar-refractivity contribution is -0.875. The van der Waals surface area contributed by atoms with E-state index in [2.05, 4.69) is 0 Å². The molecule has 0 saturated heterocycles. The number of nitrogens with zero attached hydrogens (tertiary/aromatic N) is 1. The van der Waals surface area contributed by atoms with Gasteiger partial charge in [-0.25, -0.2) is 4.79 Å². The summed E-state index contributed by atoms with van der Waals surface area (Å²) in [5.74, 6) is -2.59. The van der Waals surface area contributed by atoms with Gasteiger partial charge in [-0.2, -0.15) is 0 Å². The fourth-order valence-corrected chi connectivity index (χ4v) is 3.95. The summed E-state index contributed by atoms with van der Waals surface area (Å²) in [7, 11) is 5.28. The first-order valence-corrected chi connectivity index (χ1v) is 9.19. The molecular weight excluding hydrogens is 358 g/mol. The van der Waals surface area contributed by atoms with E-state index in [1.807, 2.05) is 48.5 Å². The second-order valence-electron chi connectivity index (χ2n) is 8.35. The molecular formula is C22H25NO5. The zero-order chi connectivity index (χ0) is 20.5. The molecule has 0 bridgehead atoms. The predicted octanol–water partition coefficient (Wildman–Crippen LogP) is 0.919. The molecule has 0 amide bonds. The Hall–Kier alpha value is -2.70. The van der Waals surface area contributed by atoms with Crippen LogP contribution in [0.2, 0.25) is 0 Å². The Bertz CT molecular complexity index is 856. The molecule has 1 aliphatic carbocycles. The van der Waals surface area contributed by atoms with Crippen LogP contribution in [0.4, 0.5) is 0 Å². The number of hydrogen-bond acceptors (Lipinski definition) is 5. The number of ether oxygens (including phenoxy) is 1. The van der Waals surface area contributed by atoms with Gasteiger partial charge in [0, 0.05) is 18.3 Å². The van der Waals surface area contributed by atoms with Gasteiger partial charge in [-0.1, -0.05) is 48.5 Å². The van der Waals surface area contributed by atoms with Crippen molar-refractivity contribution in [3.05, 3.63) is 59.7 Å². The quantitative estimate of drug-likeness (QED) is 0.568. The van der Waals surface area contributed by atoms with Gasteiger partial charge >= 0.3 is 5.97 Å². The van der Waals surface area contributed by atoms with Crippen molar-refractivity contribution in [1.82, 2.24) is 0 Å². The minimum Gasteiger partial charge on any atom is -0.550 e. The molecule has 0 fully saturated rings. The third-order valence-electron chi connectivity index (χ3n) is 4.90. The minimum atomic E-state index is -2.14. The predicted molar refractivity (Wildman–Crippen MR) is 102 cm³/mol. The number of likely N-dealkylation sites (N-methyl/N-ethyl adjacent to an activating group) is 1. The maximum atomic E-state index is 12.7. The molecule has 1 aliphatic rings. The van der Waals surface area contributed by atoms with E-state index in [-0.39, 0.29) is 23.6 Å². The first-order chi connectivity index (χ1) is 13.1. The first-order valence-electron chi connectivity index (χ1n) is 9.19. The number of aliphatic carboxylic acids is 1. The smallest absolute Gasteiger partial charge is 0.344 e. The molecule has 0 radical (unpaired) electrons. The minimum absolute atomic E-state index is 0.0271. The molecule has 1 unspecified atom stereocenters. The summed E-state index contributed by atoms with van der Waals surface area (Å²) in [4.78, 5) is 23.8. The largest absolute Gasteiger partial charge is 0.550 e. The van der Waals surface area contributed by atoms with E-state index in [0.717, 1.165) is 22.3 Å². The molecule has 148 valence electrons. The molecule has 3 rings (SSSR count). The standard InChI is InChI=1S/C22H25NO5/c1-23(2,3)14-22(27,12-20(24)25)21(26)28-13-19-17-10-6-4-8-15(17)16-9-5-7-11-18(16)19/h4-11,19,27H,12-14H2,1-3H3. The van der Waals surface area contributed by atoms with Gasteiger partial charge in [0.15, 0.2) is 0 Å².